The van der Waals surface area contributed by atoms with E-state index in [-0.39, 0.29) is 12.7 Å². The molecule has 0 aromatic carbocycles. The minimum absolute atomic E-state index is 0.216. The summed E-state index contributed by atoms with van der Waals surface area (Å²) in [5.74, 6) is -0.768. The fourth-order valence-corrected chi connectivity index (χ4v) is 0.814. The Balaban J connectivity index is 3.58. The van der Waals surface area contributed by atoms with Gasteiger partial charge in [0, 0.05) is 6.54 Å². The van der Waals surface area contributed by atoms with E-state index in [4.69, 9.17) is 4.74 Å². The summed E-state index contributed by atoms with van der Waals surface area (Å²) in [6.45, 7) is 0.564. The van der Waals surface area contributed by atoms with Crippen molar-refractivity contribution in [1.82, 2.24) is 10.6 Å². The van der Waals surface area contributed by atoms with Crippen LogP contribution in [0, 0.1) is 0 Å². The SMILES string of the molecule is CNCC(C)OCC(=O)NCC(F)(F)F. The summed E-state index contributed by atoms with van der Waals surface area (Å²) in [6.07, 6.45) is -4.60. The molecule has 0 radical (unpaired) electrons. The second-order valence-corrected chi connectivity index (χ2v) is 3.07. The molecule has 0 aromatic heterocycles. The van der Waals surface area contributed by atoms with E-state index >= 15 is 0 Å². The molecule has 0 aromatic rings. The van der Waals surface area contributed by atoms with E-state index in [9.17, 15) is 18.0 Å². The standard InChI is InChI=1S/C8H15F3N2O2/c1-6(3-12-2)15-4-7(14)13-5-8(9,10)11/h6,12H,3-5H2,1-2H3,(H,13,14). The molecule has 0 aliphatic carbocycles. The van der Waals surface area contributed by atoms with Crippen molar-refractivity contribution < 1.29 is 22.7 Å². The average Bonchev–Trinajstić information content (AvgIpc) is 2.11. The number of nitrogens with one attached hydrogen (secondary N) is 2. The van der Waals surface area contributed by atoms with Gasteiger partial charge in [0.1, 0.15) is 13.2 Å². The van der Waals surface area contributed by atoms with Crippen LogP contribution in [0.2, 0.25) is 0 Å². The predicted molar refractivity (Wildman–Crippen MR) is 48.4 cm³/mol. The number of alkyl halides is 3. The molecule has 0 saturated heterocycles. The van der Waals surface area contributed by atoms with Crippen LogP contribution < -0.4 is 10.6 Å². The third-order valence-corrected chi connectivity index (χ3v) is 1.48. The highest BCUT2D eigenvalue weighted by Gasteiger charge is 2.27. The van der Waals surface area contributed by atoms with Crippen LogP contribution in [0.3, 0.4) is 0 Å². The molecule has 90 valence electrons. The monoisotopic (exact) mass is 228 g/mol. The topological polar surface area (TPSA) is 50.4 Å². The van der Waals surface area contributed by atoms with Gasteiger partial charge < -0.3 is 15.4 Å². The predicted octanol–water partition coefficient (Wildman–Crippen LogP) is 0.289. The summed E-state index contributed by atoms with van der Waals surface area (Å²) in [7, 11) is 1.71. The van der Waals surface area contributed by atoms with Gasteiger partial charge in [-0.05, 0) is 14.0 Å². The fraction of sp³-hybridized carbons (Fsp3) is 0.875. The van der Waals surface area contributed by atoms with Gasteiger partial charge in [0.15, 0.2) is 0 Å². The van der Waals surface area contributed by atoms with Crippen molar-refractivity contribution in [1.29, 1.82) is 0 Å². The Labute approximate surface area is 86.2 Å². The molecule has 0 fully saturated rings. The zero-order chi connectivity index (χ0) is 11.9. The van der Waals surface area contributed by atoms with Crippen LogP contribution in [0.1, 0.15) is 6.92 Å². The van der Waals surface area contributed by atoms with Gasteiger partial charge in [-0.25, -0.2) is 0 Å². The van der Waals surface area contributed by atoms with Crippen LogP contribution >= 0.6 is 0 Å². The largest absolute Gasteiger partial charge is 0.405 e. The number of amides is 1. The fourth-order valence-electron chi connectivity index (χ4n) is 0.814. The lowest BCUT2D eigenvalue weighted by atomic mass is 10.4. The van der Waals surface area contributed by atoms with E-state index in [1.54, 1.807) is 19.3 Å². The maximum absolute atomic E-state index is 11.7. The summed E-state index contributed by atoms with van der Waals surface area (Å²) >= 11 is 0. The molecule has 7 heteroatoms. The molecule has 1 amide bonds. The molecular formula is C8H15F3N2O2. The average molecular weight is 228 g/mol. The smallest absolute Gasteiger partial charge is 0.367 e. The van der Waals surface area contributed by atoms with Gasteiger partial charge in [0.2, 0.25) is 5.91 Å². The van der Waals surface area contributed by atoms with Crippen LogP contribution in [0.25, 0.3) is 0 Å². The molecule has 1 unspecified atom stereocenters. The van der Waals surface area contributed by atoms with Gasteiger partial charge in [-0.2, -0.15) is 13.2 Å². The molecule has 0 aliphatic heterocycles. The highest BCUT2D eigenvalue weighted by Crippen LogP contribution is 2.11. The summed E-state index contributed by atoms with van der Waals surface area (Å²) in [5.41, 5.74) is 0. The van der Waals surface area contributed by atoms with Crippen LogP contribution in [0.4, 0.5) is 13.2 Å². The van der Waals surface area contributed by atoms with Gasteiger partial charge in [-0.15, -0.1) is 0 Å². The zero-order valence-corrected chi connectivity index (χ0v) is 8.65. The van der Waals surface area contributed by atoms with Crippen LogP contribution in [0.5, 0.6) is 0 Å². The Hall–Kier alpha value is -0.820. The number of carbonyl (C=O) groups excluding carboxylic acids is 1. The van der Waals surface area contributed by atoms with Crippen molar-refractivity contribution in [3.8, 4) is 0 Å². The Bertz CT molecular complexity index is 197. The highest BCUT2D eigenvalue weighted by molar-refractivity contribution is 5.77. The second-order valence-electron chi connectivity index (χ2n) is 3.07. The van der Waals surface area contributed by atoms with Crippen LogP contribution in [-0.4, -0.2) is 44.9 Å². The van der Waals surface area contributed by atoms with Crippen LogP contribution in [-0.2, 0) is 9.53 Å². The van der Waals surface area contributed by atoms with E-state index < -0.39 is 18.6 Å². The summed E-state index contributed by atoms with van der Waals surface area (Å²) in [4.78, 5) is 10.8. The molecule has 4 nitrogen and oxygen atoms in total. The van der Waals surface area contributed by atoms with Crippen molar-refractivity contribution in [2.75, 3.05) is 26.7 Å². The minimum Gasteiger partial charge on any atom is -0.367 e. The van der Waals surface area contributed by atoms with Crippen molar-refractivity contribution in [2.45, 2.75) is 19.2 Å². The summed E-state index contributed by atoms with van der Waals surface area (Å²) in [5, 5.41) is 4.52. The molecule has 0 heterocycles. The van der Waals surface area contributed by atoms with Gasteiger partial charge in [-0.1, -0.05) is 0 Å². The lowest BCUT2D eigenvalue weighted by Crippen LogP contribution is -2.37. The normalized spacial score (nSPS) is 13.7. The number of rotatable bonds is 6. The molecular weight excluding hydrogens is 213 g/mol. The van der Waals surface area contributed by atoms with E-state index in [1.165, 1.54) is 0 Å². The molecule has 0 spiro atoms. The maximum Gasteiger partial charge on any atom is 0.405 e. The van der Waals surface area contributed by atoms with Crippen molar-refractivity contribution >= 4 is 5.91 Å². The van der Waals surface area contributed by atoms with Gasteiger partial charge in [0.05, 0.1) is 6.10 Å². The van der Waals surface area contributed by atoms with E-state index in [0.717, 1.165) is 0 Å². The van der Waals surface area contributed by atoms with Gasteiger partial charge in [0.25, 0.3) is 0 Å². The Morgan fingerprint density at radius 2 is 2.07 bits per heavy atom. The highest BCUT2D eigenvalue weighted by atomic mass is 19.4. The van der Waals surface area contributed by atoms with Crippen LogP contribution in [0.15, 0.2) is 0 Å². The summed E-state index contributed by atoms with van der Waals surface area (Å²) in [6, 6.07) is 0. The quantitative estimate of drug-likeness (QED) is 0.687. The molecule has 0 rings (SSSR count). The third-order valence-electron chi connectivity index (χ3n) is 1.48. The lowest BCUT2D eigenvalue weighted by Gasteiger charge is -2.12. The van der Waals surface area contributed by atoms with Gasteiger partial charge in [-0.3, -0.25) is 4.79 Å². The Morgan fingerprint density at radius 1 is 1.47 bits per heavy atom. The first kappa shape index (κ1) is 14.2. The number of carbonyl (C=O) groups is 1. The number of hydrogen-bond acceptors (Lipinski definition) is 3. The van der Waals surface area contributed by atoms with E-state index in [1.807, 2.05) is 0 Å². The number of halogens is 3. The number of ether oxygens (including phenoxy) is 1. The zero-order valence-electron chi connectivity index (χ0n) is 8.65. The molecule has 0 saturated carbocycles. The van der Waals surface area contributed by atoms with E-state index in [2.05, 4.69) is 5.32 Å². The molecule has 2 N–H and O–H groups in total. The van der Waals surface area contributed by atoms with Crippen molar-refractivity contribution in [3.05, 3.63) is 0 Å². The Morgan fingerprint density at radius 3 is 2.53 bits per heavy atom. The first-order valence-electron chi connectivity index (χ1n) is 4.45. The maximum atomic E-state index is 11.7. The molecule has 0 aliphatic rings. The first-order chi connectivity index (χ1) is 6.85. The molecule has 0 bridgehead atoms. The number of likely N-dealkylation sites (N-methyl/N-ethyl adjacent to an activating group) is 1. The van der Waals surface area contributed by atoms with E-state index in [0.29, 0.717) is 6.54 Å². The minimum atomic E-state index is -4.38. The molecule has 1 atom stereocenters. The number of hydrogen-bond donors (Lipinski definition) is 2. The second kappa shape index (κ2) is 6.62. The lowest BCUT2D eigenvalue weighted by molar-refractivity contribution is -0.142. The molecule has 15 heavy (non-hydrogen) atoms. The van der Waals surface area contributed by atoms with Crippen molar-refractivity contribution in [2.24, 2.45) is 0 Å². The third kappa shape index (κ3) is 9.48. The van der Waals surface area contributed by atoms with Crippen molar-refractivity contribution in [3.63, 3.8) is 0 Å². The first-order valence-corrected chi connectivity index (χ1v) is 4.45. The van der Waals surface area contributed by atoms with Gasteiger partial charge >= 0.3 is 6.18 Å². The Kier molecular flexibility index (Phi) is 6.26. The summed E-state index contributed by atoms with van der Waals surface area (Å²) < 4.78 is 40.0.